The number of H-pyrrole nitrogens is 1. The predicted octanol–water partition coefficient (Wildman–Crippen LogP) is -3.23. The lowest BCUT2D eigenvalue weighted by Gasteiger charge is -2.24. The lowest BCUT2D eigenvalue weighted by Crippen LogP contribution is -2.58. The summed E-state index contributed by atoms with van der Waals surface area (Å²) in [6.07, 6.45) is 0.778. The van der Waals surface area contributed by atoms with Crippen LogP contribution in [0.3, 0.4) is 0 Å². The zero-order valence-electron chi connectivity index (χ0n) is 23.4. The summed E-state index contributed by atoms with van der Waals surface area (Å²) >= 11 is 0. The van der Waals surface area contributed by atoms with Gasteiger partial charge in [0.25, 0.3) is 0 Å². The number of hydrogen-bond acceptors (Lipinski definition) is 8. The molecule has 17 nitrogen and oxygen atoms in total. The highest BCUT2D eigenvalue weighted by Crippen LogP contribution is 2.19. The number of aliphatic imine (C=N–C) groups is 1. The number of rotatable bonds is 18. The molecule has 4 atom stereocenters. The number of nitrogens with two attached hydrogens (primary N) is 5. The lowest BCUT2D eigenvalue weighted by molar-refractivity contribution is -0.142. The maximum Gasteiger partial charge on any atom is 0.326 e. The van der Waals surface area contributed by atoms with E-state index in [2.05, 4.69) is 25.9 Å². The molecule has 1 aromatic heterocycles. The van der Waals surface area contributed by atoms with Gasteiger partial charge in [-0.1, -0.05) is 18.2 Å². The summed E-state index contributed by atoms with van der Waals surface area (Å²) in [6.45, 7) is 0.219. The Morgan fingerprint density at radius 3 is 2.09 bits per heavy atom. The molecule has 0 saturated heterocycles. The third kappa shape index (κ3) is 11.3. The number of benzene rings is 1. The van der Waals surface area contributed by atoms with Gasteiger partial charge in [-0.25, -0.2) is 4.79 Å². The Kier molecular flexibility index (Phi) is 12.9. The normalized spacial score (nSPS) is 13.6. The Balaban J connectivity index is 2.15. The van der Waals surface area contributed by atoms with E-state index in [1.165, 1.54) is 0 Å². The molecule has 15 N–H and O–H groups in total. The molecule has 4 unspecified atom stereocenters. The number of primary amides is 2. The van der Waals surface area contributed by atoms with E-state index in [9.17, 15) is 33.9 Å². The van der Waals surface area contributed by atoms with E-state index >= 15 is 0 Å². The minimum absolute atomic E-state index is 0.110. The molecule has 0 saturated carbocycles. The van der Waals surface area contributed by atoms with E-state index in [0.717, 1.165) is 10.9 Å². The van der Waals surface area contributed by atoms with Crippen molar-refractivity contribution in [1.82, 2.24) is 20.9 Å². The maximum absolute atomic E-state index is 13.2. The third-order valence-corrected chi connectivity index (χ3v) is 6.37. The zero-order chi connectivity index (χ0) is 32.1. The topological polar surface area (TPSA) is 317 Å². The number of amides is 5. The molecule has 0 fully saturated rings. The Bertz CT molecular complexity index is 1350. The zero-order valence-corrected chi connectivity index (χ0v) is 23.4. The second-order valence-corrected chi connectivity index (χ2v) is 9.82. The Labute approximate surface area is 246 Å². The molecule has 0 aliphatic carbocycles. The number of para-hydroxylation sites is 1. The van der Waals surface area contributed by atoms with Gasteiger partial charge in [-0.3, -0.25) is 29.0 Å². The first-order valence-corrected chi connectivity index (χ1v) is 13.3. The average molecular weight is 603 g/mol. The van der Waals surface area contributed by atoms with Crippen LogP contribution >= 0.6 is 0 Å². The number of guanidine groups is 1. The molecule has 2 aromatic rings. The SMILES string of the molecule is NC(=O)CCC(NC(=O)C(N)CCCN=C(N)N)C(=O)NC(CC(N)=O)C(=O)NC(Cc1c[nH]c2ccccc12)C(=O)O. The number of carboxylic acid groups (broad SMARTS) is 1. The fourth-order valence-electron chi connectivity index (χ4n) is 4.16. The second kappa shape index (κ2) is 16.3. The minimum Gasteiger partial charge on any atom is -0.480 e. The minimum atomic E-state index is -1.60. The van der Waals surface area contributed by atoms with Crippen LogP contribution < -0.4 is 44.6 Å². The van der Waals surface area contributed by atoms with Gasteiger partial charge < -0.3 is 54.7 Å². The molecule has 0 aliphatic rings. The van der Waals surface area contributed by atoms with Crippen LogP contribution in [-0.2, 0) is 35.2 Å². The quantitative estimate of drug-likeness (QED) is 0.0462. The molecular formula is C26H38N10O7. The Morgan fingerprint density at radius 2 is 1.47 bits per heavy atom. The van der Waals surface area contributed by atoms with E-state index in [1.807, 2.05) is 0 Å². The monoisotopic (exact) mass is 602 g/mol. The van der Waals surface area contributed by atoms with Gasteiger partial charge in [-0.2, -0.15) is 0 Å². The van der Waals surface area contributed by atoms with Gasteiger partial charge in [0.05, 0.1) is 12.5 Å². The summed E-state index contributed by atoms with van der Waals surface area (Å²) in [5.41, 5.74) is 28.3. The van der Waals surface area contributed by atoms with Crippen molar-refractivity contribution in [3.8, 4) is 0 Å². The smallest absolute Gasteiger partial charge is 0.326 e. The highest BCUT2D eigenvalue weighted by atomic mass is 16.4. The van der Waals surface area contributed by atoms with E-state index in [1.54, 1.807) is 30.5 Å². The van der Waals surface area contributed by atoms with Crippen molar-refractivity contribution in [2.45, 2.75) is 62.7 Å². The molecule has 5 amide bonds. The number of aromatic nitrogens is 1. The molecule has 0 radical (unpaired) electrons. The largest absolute Gasteiger partial charge is 0.480 e. The van der Waals surface area contributed by atoms with Crippen molar-refractivity contribution in [2.24, 2.45) is 33.7 Å². The number of carboxylic acids is 1. The molecular weight excluding hydrogens is 564 g/mol. The predicted molar refractivity (Wildman–Crippen MR) is 156 cm³/mol. The highest BCUT2D eigenvalue weighted by Gasteiger charge is 2.31. The highest BCUT2D eigenvalue weighted by molar-refractivity contribution is 5.96. The molecule has 0 spiro atoms. The molecule has 234 valence electrons. The number of aromatic amines is 1. The van der Waals surface area contributed by atoms with Gasteiger partial charge in [0, 0.05) is 36.5 Å². The van der Waals surface area contributed by atoms with Gasteiger partial charge in [0.2, 0.25) is 29.5 Å². The number of carbonyl (C=O) groups is 6. The summed E-state index contributed by atoms with van der Waals surface area (Å²) in [5.74, 6) is -5.91. The molecule has 17 heteroatoms. The fourth-order valence-corrected chi connectivity index (χ4v) is 4.16. The molecule has 1 heterocycles. The van der Waals surface area contributed by atoms with Crippen LogP contribution in [0.15, 0.2) is 35.5 Å². The molecule has 2 rings (SSSR count). The van der Waals surface area contributed by atoms with Crippen LogP contribution in [0.4, 0.5) is 0 Å². The second-order valence-electron chi connectivity index (χ2n) is 9.82. The molecule has 0 aliphatic heterocycles. The Morgan fingerprint density at radius 1 is 0.837 bits per heavy atom. The summed E-state index contributed by atoms with van der Waals surface area (Å²) < 4.78 is 0. The van der Waals surface area contributed by atoms with Crippen molar-refractivity contribution < 1.29 is 33.9 Å². The first-order chi connectivity index (χ1) is 20.3. The van der Waals surface area contributed by atoms with Crippen LogP contribution in [0.2, 0.25) is 0 Å². The van der Waals surface area contributed by atoms with Crippen LogP contribution in [-0.4, -0.2) is 82.3 Å². The van der Waals surface area contributed by atoms with E-state index in [0.29, 0.717) is 12.0 Å². The number of aliphatic carboxylic acids is 1. The van der Waals surface area contributed by atoms with Crippen LogP contribution in [0.25, 0.3) is 10.9 Å². The maximum atomic E-state index is 13.2. The Hall–Kier alpha value is -5.19. The van der Waals surface area contributed by atoms with E-state index < -0.39 is 66.1 Å². The summed E-state index contributed by atoms with van der Waals surface area (Å²) in [5, 5.41) is 17.6. The molecule has 43 heavy (non-hydrogen) atoms. The van der Waals surface area contributed by atoms with Crippen LogP contribution in [0.5, 0.6) is 0 Å². The standard InChI is InChI=1S/C26H38N10O7/c27-15(5-3-9-32-26(30)31)22(39)34-17(7-8-20(28)37)23(40)35-18(11-21(29)38)24(41)36-19(25(42)43)10-13-12-33-16-6-2-1-4-14(13)16/h1-2,4,6,12,15,17-19,33H,3,5,7-11,27H2,(H2,28,37)(H2,29,38)(H,34,39)(H,35,40)(H,36,41)(H,42,43)(H4,30,31,32). The first-order valence-electron chi connectivity index (χ1n) is 13.3. The molecule has 1 aromatic carbocycles. The van der Waals surface area contributed by atoms with Crippen LogP contribution in [0.1, 0.15) is 37.7 Å². The number of hydrogen-bond donors (Lipinski definition) is 10. The van der Waals surface area contributed by atoms with E-state index in [4.69, 9.17) is 28.7 Å². The number of fused-ring (bicyclic) bond motifs is 1. The van der Waals surface area contributed by atoms with E-state index in [-0.39, 0.29) is 38.2 Å². The van der Waals surface area contributed by atoms with Gasteiger partial charge in [0.1, 0.15) is 18.1 Å². The van der Waals surface area contributed by atoms with Gasteiger partial charge in [-0.05, 0) is 30.9 Å². The number of carbonyl (C=O) groups excluding carboxylic acids is 5. The summed E-state index contributed by atoms with van der Waals surface area (Å²) in [6, 6.07) is 1.69. The number of nitrogens with zero attached hydrogens (tertiary/aromatic N) is 1. The van der Waals surface area contributed by atoms with Crippen molar-refractivity contribution in [2.75, 3.05) is 6.54 Å². The van der Waals surface area contributed by atoms with Crippen LogP contribution in [0, 0.1) is 0 Å². The molecule has 0 bridgehead atoms. The van der Waals surface area contributed by atoms with Gasteiger partial charge in [0.15, 0.2) is 5.96 Å². The van der Waals surface area contributed by atoms with Crippen molar-refractivity contribution >= 4 is 52.4 Å². The first kappa shape index (κ1) is 34.0. The van der Waals surface area contributed by atoms with Crippen molar-refractivity contribution in [1.29, 1.82) is 0 Å². The average Bonchev–Trinajstić information content (AvgIpc) is 3.34. The third-order valence-electron chi connectivity index (χ3n) is 6.37. The fraction of sp³-hybridized carbons (Fsp3) is 0.423. The van der Waals surface area contributed by atoms with Gasteiger partial charge >= 0.3 is 5.97 Å². The number of nitrogens with one attached hydrogen (secondary N) is 4. The van der Waals surface area contributed by atoms with Crippen molar-refractivity contribution in [3.63, 3.8) is 0 Å². The summed E-state index contributed by atoms with van der Waals surface area (Å²) in [7, 11) is 0. The van der Waals surface area contributed by atoms with Gasteiger partial charge in [-0.15, -0.1) is 0 Å². The van der Waals surface area contributed by atoms with Crippen molar-refractivity contribution in [3.05, 3.63) is 36.0 Å². The lowest BCUT2D eigenvalue weighted by atomic mass is 10.0. The summed E-state index contributed by atoms with van der Waals surface area (Å²) in [4.78, 5) is 80.9.